The number of nitrogens with two attached hydrogens (primary N) is 1. The highest BCUT2D eigenvalue weighted by molar-refractivity contribution is 9.10. The first-order valence-corrected chi connectivity index (χ1v) is 6.18. The van der Waals surface area contributed by atoms with Crippen LogP contribution in [0.15, 0.2) is 39.5 Å². The first-order valence-electron chi connectivity index (χ1n) is 4.44. The molecule has 0 aliphatic rings. The Morgan fingerprint density at radius 2 is 2.06 bits per heavy atom. The van der Waals surface area contributed by atoms with Crippen LogP contribution in [-0.2, 0) is 0 Å². The summed E-state index contributed by atoms with van der Waals surface area (Å²) in [7, 11) is 0. The molecule has 0 aliphatic heterocycles. The van der Waals surface area contributed by atoms with Crippen LogP contribution in [0.2, 0.25) is 0 Å². The Hall–Kier alpha value is -0.550. The van der Waals surface area contributed by atoms with E-state index < -0.39 is 0 Å². The Morgan fingerprint density at radius 1 is 1.31 bits per heavy atom. The number of phenols is 1. The molecule has 2 aromatic rings. The van der Waals surface area contributed by atoms with E-state index >= 15 is 0 Å². The van der Waals surface area contributed by atoms with Crippen LogP contribution in [0.25, 0.3) is 0 Å². The Morgan fingerprint density at radius 3 is 2.62 bits per heavy atom. The maximum Gasteiger partial charge on any atom is 0.121 e. The number of phenolic OH excluding ortho intramolecular Hbond substituents is 1. The van der Waals surface area contributed by atoms with Gasteiger partial charge in [-0.15, -0.1) is 12.4 Å². The molecule has 5 heteroatoms. The first kappa shape index (κ1) is 13.5. The maximum absolute atomic E-state index is 9.75. The molecular formula is C11H11BrClNOS. The molecule has 0 saturated carbocycles. The number of benzene rings is 1. The second kappa shape index (κ2) is 5.68. The van der Waals surface area contributed by atoms with Crippen molar-refractivity contribution in [1.29, 1.82) is 0 Å². The van der Waals surface area contributed by atoms with Crippen LogP contribution < -0.4 is 5.73 Å². The molecule has 0 spiro atoms. The SMILES string of the molecule is Cl.N[C@@H](c1ccsc1)c1ccc(Br)cc1O. The Bertz CT molecular complexity index is 461. The molecule has 2 nitrogen and oxygen atoms in total. The van der Waals surface area contributed by atoms with E-state index in [-0.39, 0.29) is 24.2 Å². The van der Waals surface area contributed by atoms with E-state index in [1.807, 2.05) is 29.0 Å². The maximum atomic E-state index is 9.75. The molecule has 1 heterocycles. The van der Waals surface area contributed by atoms with Crippen LogP contribution >= 0.6 is 39.7 Å². The summed E-state index contributed by atoms with van der Waals surface area (Å²) < 4.78 is 0.848. The number of thiophene rings is 1. The highest BCUT2D eigenvalue weighted by atomic mass is 79.9. The van der Waals surface area contributed by atoms with Gasteiger partial charge < -0.3 is 10.8 Å². The molecule has 0 saturated heterocycles. The van der Waals surface area contributed by atoms with Gasteiger partial charge in [0.25, 0.3) is 0 Å². The molecular weight excluding hydrogens is 310 g/mol. The summed E-state index contributed by atoms with van der Waals surface area (Å²) in [4.78, 5) is 0. The fourth-order valence-corrected chi connectivity index (χ4v) is 2.46. The third-order valence-corrected chi connectivity index (χ3v) is 3.42. The average molecular weight is 321 g/mol. The zero-order valence-corrected chi connectivity index (χ0v) is 11.5. The van der Waals surface area contributed by atoms with Crippen molar-refractivity contribution in [3.63, 3.8) is 0 Å². The normalized spacial score (nSPS) is 11.9. The second-order valence-electron chi connectivity index (χ2n) is 3.24. The topological polar surface area (TPSA) is 46.2 Å². The lowest BCUT2D eigenvalue weighted by molar-refractivity contribution is 0.465. The van der Waals surface area contributed by atoms with Crippen molar-refractivity contribution < 1.29 is 5.11 Å². The Balaban J connectivity index is 0.00000128. The van der Waals surface area contributed by atoms with Crippen LogP contribution in [0.4, 0.5) is 0 Å². The molecule has 1 aromatic carbocycles. The fourth-order valence-electron chi connectivity index (χ4n) is 1.41. The molecule has 0 amide bonds. The van der Waals surface area contributed by atoms with Gasteiger partial charge in [-0.25, -0.2) is 0 Å². The zero-order chi connectivity index (χ0) is 10.8. The van der Waals surface area contributed by atoms with E-state index in [0.29, 0.717) is 0 Å². The molecule has 86 valence electrons. The van der Waals surface area contributed by atoms with Gasteiger partial charge in [-0.05, 0) is 34.5 Å². The van der Waals surface area contributed by atoms with Crippen LogP contribution in [0.3, 0.4) is 0 Å². The van der Waals surface area contributed by atoms with E-state index in [2.05, 4.69) is 15.9 Å². The molecule has 0 aliphatic carbocycles. The van der Waals surface area contributed by atoms with Gasteiger partial charge in [-0.1, -0.05) is 22.0 Å². The second-order valence-corrected chi connectivity index (χ2v) is 4.93. The Labute approximate surface area is 113 Å². The lowest BCUT2D eigenvalue weighted by Gasteiger charge is -2.12. The predicted molar refractivity (Wildman–Crippen MR) is 73.4 cm³/mol. The van der Waals surface area contributed by atoms with E-state index in [9.17, 15) is 5.11 Å². The highest BCUT2D eigenvalue weighted by Gasteiger charge is 2.13. The van der Waals surface area contributed by atoms with Gasteiger partial charge in [0.15, 0.2) is 0 Å². The third kappa shape index (κ3) is 2.77. The summed E-state index contributed by atoms with van der Waals surface area (Å²) in [6, 6.07) is 7.07. The molecule has 0 radical (unpaired) electrons. The standard InChI is InChI=1S/C11H10BrNOS.ClH/c12-8-1-2-9(10(14)5-8)11(13)7-3-4-15-6-7;/h1-6,11,14H,13H2;1H/t11-;/m0./s1. The van der Waals surface area contributed by atoms with Crippen molar-refractivity contribution in [2.24, 2.45) is 5.73 Å². The van der Waals surface area contributed by atoms with Gasteiger partial charge >= 0.3 is 0 Å². The summed E-state index contributed by atoms with van der Waals surface area (Å²) in [6.45, 7) is 0. The predicted octanol–water partition coefficient (Wildman–Crippen LogP) is 3.69. The van der Waals surface area contributed by atoms with Gasteiger partial charge in [-0.3, -0.25) is 0 Å². The van der Waals surface area contributed by atoms with Crippen molar-refractivity contribution in [3.8, 4) is 5.75 Å². The minimum Gasteiger partial charge on any atom is -0.508 e. The molecule has 0 bridgehead atoms. The van der Waals surface area contributed by atoms with Gasteiger partial charge in [0.05, 0.1) is 6.04 Å². The summed E-state index contributed by atoms with van der Waals surface area (Å²) in [6.07, 6.45) is 0. The van der Waals surface area contributed by atoms with Crippen molar-refractivity contribution >= 4 is 39.7 Å². The van der Waals surface area contributed by atoms with Gasteiger partial charge in [0.2, 0.25) is 0 Å². The zero-order valence-electron chi connectivity index (χ0n) is 8.26. The van der Waals surface area contributed by atoms with E-state index in [1.54, 1.807) is 17.4 Å². The summed E-state index contributed by atoms with van der Waals surface area (Å²) in [5.41, 5.74) is 7.82. The Kier molecular flexibility index (Phi) is 4.80. The monoisotopic (exact) mass is 319 g/mol. The van der Waals surface area contributed by atoms with E-state index in [1.165, 1.54) is 0 Å². The number of rotatable bonds is 2. The van der Waals surface area contributed by atoms with Gasteiger partial charge in [0.1, 0.15) is 5.75 Å². The third-order valence-electron chi connectivity index (χ3n) is 2.23. The van der Waals surface area contributed by atoms with Crippen molar-refractivity contribution in [1.82, 2.24) is 0 Å². The van der Waals surface area contributed by atoms with E-state index in [0.717, 1.165) is 15.6 Å². The molecule has 1 atom stereocenters. The molecule has 2 rings (SSSR count). The van der Waals surface area contributed by atoms with Gasteiger partial charge in [-0.2, -0.15) is 11.3 Å². The summed E-state index contributed by atoms with van der Waals surface area (Å²) >= 11 is 4.90. The van der Waals surface area contributed by atoms with Crippen LogP contribution in [0.5, 0.6) is 5.75 Å². The van der Waals surface area contributed by atoms with Crippen LogP contribution in [0.1, 0.15) is 17.2 Å². The lowest BCUT2D eigenvalue weighted by Crippen LogP contribution is -2.10. The first-order chi connectivity index (χ1) is 7.18. The molecule has 0 fully saturated rings. The van der Waals surface area contributed by atoms with Crippen molar-refractivity contribution in [3.05, 3.63) is 50.6 Å². The summed E-state index contributed by atoms with van der Waals surface area (Å²) in [5, 5.41) is 13.7. The molecule has 3 N–H and O–H groups in total. The number of hydrogen-bond acceptors (Lipinski definition) is 3. The number of halogens is 2. The highest BCUT2D eigenvalue weighted by Crippen LogP contribution is 2.30. The van der Waals surface area contributed by atoms with Crippen LogP contribution in [-0.4, -0.2) is 5.11 Å². The van der Waals surface area contributed by atoms with Crippen LogP contribution in [0, 0.1) is 0 Å². The minimum absolute atomic E-state index is 0. The average Bonchev–Trinajstić information content (AvgIpc) is 2.69. The lowest BCUT2D eigenvalue weighted by atomic mass is 10.0. The fraction of sp³-hybridized carbons (Fsp3) is 0.0909. The quantitative estimate of drug-likeness (QED) is 0.886. The minimum atomic E-state index is -0.260. The van der Waals surface area contributed by atoms with Crippen molar-refractivity contribution in [2.45, 2.75) is 6.04 Å². The van der Waals surface area contributed by atoms with E-state index in [4.69, 9.17) is 5.73 Å². The molecule has 16 heavy (non-hydrogen) atoms. The number of aromatic hydroxyl groups is 1. The largest absolute Gasteiger partial charge is 0.508 e. The summed E-state index contributed by atoms with van der Waals surface area (Å²) in [5.74, 6) is 0.225. The van der Waals surface area contributed by atoms with Crippen molar-refractivity contribution in [2.75, 3.05) is 0 Å². The number of hydrogen-bond donors (Lipinski definition) is 2. The molecule has 1 aromatic heterocycles. The smallest absolute Gasteiger partial charge is 0.121 e. The van der Waals surface area contributed by atoms with Gasteiger partial charge in [0, 0.05) is 10.0 Å². The molecule has 0 unspecified atom stereocenters.